The first-order valence-electron chi connectivity index (χ1n) is 6.26. The molecule has 0 heterocycles. The summed E-state index contributed by atoms with van der Waals surface area (Å²) < 4.78 is 10.9. The van der Waals surface area contributed by atoms with Crippen LogP contribution < -0.4 is 9.47 Å². The highest BCUT2D eigenvalue weighted by Gasteiger charge is 2.16. The molecule has 0 radical (unpaired) electrons. The molecule has 1 aromatic rings. The molecule has 0 aliphatic heterocycles. The van der Waals surface area contributed by atoms with Crippen LogP contribution in [0, 0.1) is 0 Å². The Hall–Kier alpha value is -1.22. The number of ketones is 1. The number of rotatable bonds is 7. The van der Waals surface area contributed by atoms with Gasteiger partial charge >= 0.3 is 0 Å². The van der Waals surface area contributed by atoms with Gasteiger partial charge in [-0.1, -0.05) is 18.5 Å². The van der Waals surface area contributed by atoms with Crippen LogP contribution in [0.25, 0.3) is 0 Å². The quantitative estimate of drug-likeness (QED) is 0.699. The van der Waals surface area contributed by atoms with Crippen molar-refractivity contribution in [3.8, 4) is 11.5 Å². The second kappa shape index (κ2) is 7.27. The minimum absolute atomic E-state index is 0.0542. The first-order valence-corrected chi connectivity index (χ1v) is 6.64. The molecular formula is C14H19ClO3. The van der Waals surface area contributed by atoms with Crippen molar-refractivity contribution in [1.82, 2.24) is 0 Å². The summed E-state index contributed by atoms with van der Waals surface area (Å²) in [5.74, 6) is 1.12. The third kappa shape index (κ3) is 3.64. The maximum Gasteiger partial charge on any atom is 0.166 e. The minimum Gasteiger partial charge on any atom is -0.493 e. The molecule has 0 amide bonds. The van der Waals surface area contributed by atoms with Crippen LogP contribution in [0.3, 0.4) is 0 Å². The Morgan fingerprint density at radius 1 is 1.11 bits per heavy atom. The van der Waals surface area contributed by atoms with E-state index in [-0.39, 0.29) is 5.78 Å². The summed E-state index contributed by atoms with van der Waals surface area (Å²) in [4.78, 5) is 12.0. The van der Waals surface area contributed by atoms with Gasteiger partial charge in [-0.2, -0.15) is 0 Å². The average molecular weight is 271 g/mol. The lowest BCUT2D eigenvalue weighted by Crippen LogP contribution is -2.05. The number of Topliss-reactive ketones (excluding diaryl/α,β-unsaturated/α-hetero) is 1. The van der Waals surface area contributed by atoms with E-state index in [9.17, 15) is 4.79 Å². The first-order chi connectivity index (χ1) is 8.63. The molecule has 3 nitrogen and oxygen atoms in total. The second-order valence-corrected chi connectivity index (χ2v) is 4.23. The Labute approximate surface area is 113 Å². The second-order valence-electron chi connectivity index (χ2n) is 3.82. The Balaban J connectivity index is 3.16. The van der Waals surface area contributed by atoms with Gasteiger partial charge in [0.05, 0.1) is 23.8 Å². The zero-order chi connectivity index (χ0) is 13.5. The molecule has 1 aromatic carbocycles. The van der Waals surface area contributed by atoms with Crippen LogP contribution in [0.2, 0.25) is 5.02 Å². The van der Waals surface area contributed by atoms with E-state index in [0.29, 0.717) is 41.7 Å². The standard InChI is InChI=1S/C14H19ClO3/c1-4-7-12(16)10-8-14(18-6-3)11(15)9-13(10)17-5-2/h8-9H,4-7H2,1-3H3. The molecule has 0 fully saturated rings. The molecule has 0 atom stereocenters. The highest BCUT2D eigenvalue weighted by atomic mass is 35.5. The highest BCUT2D eigenvalue weighted by molar-refractivity contribution is 6.32. The summed E-state index contributed by atoms with van der Waals surface area (Å²) in [5, 5.41) is 0.466. The van der Waals surface area contributed by atoms with Gasteiger partial charge in [0.2, 0.25) is 0 Å². The third-order valence-electron chi connectivity index (χ3n) is 2.41. The predicted octanol–water partition coefficient (Wildman–Crippen LogP) is 4.12. The Morgan fingerprint density at radius 2 is 1.72 bits per heavy atom. The van der Waals surface area contributed by atoms with Crippen molar-refractivity contribution < 1.29 is 14.3 Å². The maximum absolute atomic E-state index is 12.0. The number of hydrogen-bond donors (Lipinski definition) is 0. The summed E-state index contributed by atoms with van der Waals surface area (Å²) in [6.07, 6.45) is 1.30. The van der Waals surface area contributed by atoms with Gasteiger partial charge in [-0.25, -0.2) is 0 Å². The van der Waals surface area contributed by atoms with Crippen molar-refractivity contribution in [1.29, 1.82) is 0 Å². The van der Waals surface area contributed by atoms with Crippen molar-refractivity contribution >= 4 is 17.4 Å². The van der Waals surface area contributed by atoms with E-state index in [4.69, 9.17) is 21.1 Å². The van der Waals surface area contributed by atoms with Gasteiger partial charge in [0.25, 0.3) is 0 Å². The fraction of sp³-hybridized carbons (Fsp3) is 0.500. The normalized spacial score (nSPS) is 10.2. The van der Waals surface area contributed by atoms with Gasteiger partial charge < -0.3 is 9.47 Å². The fourth-order valence-electron chi connectivity index (χ4n) is 1.66. The number of ether oxygens (including phenoxy) is 2. The summed E-state index contributed by atoms with van der Waals surface area (Å²) in [7, 11) is 0. The van der Waals surface area contributed by atoms with Crippen LogP contribution >= 0.6 is 11.6 Å². The van der Waals surface area contributed by atoms with Gasteiger partial charge in [-0.05, 0) is 26.3 Å². The smallest absolute Gasteiger partial charge is 0.166 e. The van der Waals surface area contributed by atoms with Gasteiger partial charge in [0, 0.05) is 12.5 Å². The van der Waals surface area contributed by atoms with E-state index in [1.54, 1.807) is 12.1 Å². The van der Waals surface area contributed by atoms with E-state index >= 15 is 0 Å². The number of hydrogen-bond acceptors (Lipinski definition) is 3. The van der Waals surface area contributed by atoms with Crippen LogP contribution in [-0.2, 0) is 0 Å². The molecule has 0 saturated carbocycles. The summed E-state index contributed by atoms with van der Waals surface area (Å²) >= 11 is 6.08. The zero-order valence-electron chi connectivity index (χ0n) is 11.1. The molecule has 1 rings (SSSR count). The van der Waals surface area contributed by atoms with Crippen LogP contribution in [0.15, 0.2) is 12.1 Å². The molecule has 0 bridgehead atoms. The molecule has 18 heavy (non-hydrogen) atoms. The number of halogens is 1. The lowest BCUT2D eigenvalue weighted by molar-refractivity contribution is 0.0977. The fourth-order valence-corrected chi connectivity index (χ4v) is 1.86. The molecule has 0 saturated heterocycles. The molecule has 0 N–H and O–H groups in total. The molecule has 0 aliphatic rings. The molecule has 0 unspecified atom stereocenters. The van der Waals surface area contributed by atoms with Crippen molar-refractivity contribution in [2.75, 3.05) is 13.2 Å². The Bertz CT molecular complexity index is 416. The van der Waals surface area contributed by atoms with Crippen molar-refractivity contribution in [2.24, 2.45) is 0 Å². The summed E-state index contributed by atoms with van der Waals surface area (Å²) in [5.41, 5.74) is 0.548. The topological polar surface area (TPSA) is 35.5 Å². The maximum atomic E-state index is 12.0. The van der Waals surface area contributed by atoms with Gasteiger partial charge in [-0.3, -0.25) is 4.79 Å². The largest absolute Gasteiger partial charge is 0.493 e. The zero-order valence-corrected chi connectivity index (χ0v) is 11.8. The van der Waals surface area contributed by atoms with Gasteiger partial charge in [0.1, 0.15) is 11.5 Å². The van der Waals surface area contributed by atoms with Crippen molar-refractivity contribution in [2.45, 2.75) is 33.6 Å². The molecular weight excluding hydrogens is 252 g/mol. The van der Waals surface area contributed by atoms with Crippen molar-refractivity contribution in [3.05, 3.63) is 22.7 Å². The Kier molecular flexibility index (Phi) is 5.99. The van der Waals surface area contributed by atoms with Crippen LogP contribution in [0.5, 0.6) is 11.5 Å². The lowest BCUT2D eigenvalue weighted by Gasteiger charge is -2.13. The third-order valence-corrected chi connectivity index (χ3v) is 2.71. The van der Waals surface area contributed by atoms with E-state index in [0.717, 1.165) is 6.42 Å². The minimum atomic E-state index is 0.0542. The van der Waals surface area contributed by atoms with Gasteiger partial charge in [0.15, 0.2) is 5.78 Å². The summed E-state index contributed by atoms with van der Waals surface area (Å²) in [6, 6.07) is 3.33. The SMILES string of the molecule is CCCC(=O)c1cc(OCC)c(Cl)cc1OCC. The molecule has 0 spiro atoms. The van der Waals surface area contributed by atoms with E-state index in [1.165, 1.54) is 0 Å². The highest BCUT2D eigenvalue weighted by Crippen LogP contribution is 2.33. The van der Waals surface area contributed by atoms with E-state index < -0.39 is 0 Å². The lowest BCUT2D eigenvalue weighted by atomic mass is 10.1. The molecule has 0 aromatic heterocycles. The van der Waals surface area contributed by atoms with Gasteiger partial charge in [-0.15, -0.1) is 0 Å². The average Bonchev–Trinajstić information content (AvgIpc) is 2.33. The van der Waals surface area contributed by atoms with E-state index in [1.807, 2.05) is 20.8 Å². The number of benzene rings is 1. The number of carbonyl (C=O) groups is 1. The first kappa shape index (κ1) is 14.8. The van der Waals surface area contributed by atoms with Crippen LogP contribution in [0.4, 0.5) is 0 Å². The molecule has 0 aliphatic carbocycles. The molecule has 100 valence electrons. The van der Waals surface area contributed by atoms with E-state index in [2.05, 4.69) is 0 Å². The summed E-state index contributed by atoms with van der Waals surface area (Å²) in [6.45, 7) is 6.72. The van der Waals surface area contributed by atoms with Crippen LogP contribution in [0.1, 0.15) is 44.0 Å². The Morgan fingerprint density at radius 3 is 2.28 bits per heavy atom. The van der Waals surface area contributed by atoms with Crippen LogP contribution in [-0.4, -0.2) is 19.0 Å². The predicted molar refractivity (Wildman–Crippen MR) is 73.0 cm³/mol. The monoisotopic (exact) mass is 270 g/mol. The molecule has 4 heteroatoms. The van der Waals surface area contributed by atoms with Crippen molar-refractivity contribution in [3.63, 3.8) is 0 Å². The number of carbonyl (C=O) groups excluding carboxylic acids is 1.